The summed E-state index contributed by atoms with van der Waals surface area (Å²) in [6, 6.07) is 17.6. The number of piperazine rings is 1. The Kier molecular flexibility index (Phi) is 6.19. The highest BCUT2D eigenvalue weighted by atomic mass is 16.5. The van der Waals surface area contributed by atoms with Gasteiger partial charge >= 0.3 is 6.03 Å². The normalized spacial score (nSPS) is 14.0. The van der Waals surface area contributed by atoms with Crippen LogP contribution in [-0.4, -0.2) is 57.4 Å². The Labute approximate surface area is 154 Å². The summed E-state index contributed by atoms with van der Waals surface area (Å²) < 4.78 is 10.8. The molecule has 0 atom stereocenters. The molecule has 0 bridgehead atoms. The quantitative estimate of drug-likeness (QED) is 0.810. The third kappa shape index (κ3) is 4.81. The summed E-state index contributed by atoms with van der Waals surface area (Å²) in [4.78, 5) is 16.4. The molecule has 3 rings (SSSR count). The van der Waals surface area contributed by atoms with Crippen molar-refractivity contribution in [3.8, 4) is 11.5 Å². The van der Waals surface area contributed by atoms with Crippen molar-refractivity contribution in [3.63, 3.8) is 0 Å². The van der Waals surface area contributed by atoms with Crippen molar-refractivity contribution in [3.05, 3.63) is 54.6 Å². The van der Waals surface area contributed by atoms with Crippen LogP contribution in [0.25, 0.3) is 0 Å². The molecule has 0 aliphatic carbocycles. The molecule has 0 unspecified atom stereocenters. The van der Waals surface area contributed by atoms with Crippen molar-refractivity contribution in [1.82, 2.24) is 10.2 Å². The minimum atomic E-state index is -0.0314. The molecule has 1 N–H and O–H groups in total. The Balaban J connectivity index is 1.37. The summed E-state index contributed by atoms with van der Waals surface area (Å²) in [6.07, 6.45) is 0. The molecular formula is C20H25N3O3. The zero-order chi connectivity index (χ0) is 18.2. The summed E-state index contributed by atoms with van der Waals surface area (Å²) in [5, 5.41) is 2.92. The number of amides is 2. The Morgan fingerprint density at radius 1 is 0.962 bits per heavy atom. The number of nitrogens with zero attached hydrogens (tertiary/aromatic N) is 2. The number of para-hydroxylation sites is 1. The summed E-state index contributed by atoms with van der Waals surface area (Å²) in [5.74, 6) is 1.67. The maximum absolute atomic E-state index is 12.3. The minimum Gasteiger partial charge on any atom is -0.497 e. The van der Waals surface area contributed by atoms with Gasteiger partial charge in [-0.2, -0.15) is 0 Å². The van der Waals surface area contributed by atoms with E-state index >= 15 is 0 Å². The van der Waals surface area contributed by atoms with Crippen LogP contribution >= 0.6 is 0 Å². The largest absolute Gasteiger partial charge is 0.497 e. The number of benzene rings is 2. The Bertz CT molecular complexity index is 683. The molecule has 1 fully saturated rings. The highest BCUT2D eigenvalue weighted by molar-refractivity contribution is 5.74. The zero-order valence-electron chi connectivity index (χ0n) is 15.1. The van der Waals surface area contributed by atoms with Crippen LogP contribution in [0.3, 0.4) is 0 Å². The third-order valence-electron chi connectivity index (χ3n) is 4.39. The first-order valence-electron chi connectivity index (χ1n) is 8.86. The van der Waals surface area contributed by atoms with E-state index in [1.807, 2.05) is 47.4 Å². The van der Waals surface area contributed by atoms with E-state index in [2.05, 4.69) is 22.3 Å². The van der Waals surface area contributed by atoms with E-state index in [-0.39, 0.29) is 6.03 Å². The topological polar surface area (TPSA) is 54.0 Å². The molecule has 1 aliphatic rings. The van der Waals surface area contributed by atoms with Crippen molar-refractivity contribution < 1.29 is 14.3 Å². The van der Waals surface area contributed by atoms with Gasteiger partial charge in [-0.25, -0.2) is 4.79 Å². The maximum Gasteiger partial charge on any atom is 0.317 e. The van der Waals surface area contributed by atoms with E-state index in [0.717, 1.165) is 30.3 Å². The number of hydrogen-bond acceptors (Lipinski definition) is 4. The third-order valence-corrected chi connectivity index (χ3v) is 4.39. The number of anilines is 1. The van der Waals surface area contributed by atoms with Crippen LogP contribution in [-0.2, 0) is 0 Å². The van der Waals surface area contributed by atoms with E-state index in [1.165, 1.54) is 0 Å². The molecular weight excluding hydrogens is 330 g/mol. The van der Waals surface area contributed by atoms with Gasteiger partial charge in [-0.05, 0) is 36.4 Å². The average Bonchev–Trinajstić information content (AvgIpc) is 2.72. The highest BCUT2D eigenvalue weighted by Crippen LogP contribution is 2.20. The molecule has 2 amide bonds. The van der Waals surface area contributed by atoms with E-state index in [1.54, 1.807) is 7.11 Å². The summed E-state index contributed by atoms with van der Waals surface area (Å²) in [5.41, 5.74) is 1.15. The number of rotatable bonds is 6. The van der Waals surface area contributed by atoms with Crippen LogP contribution < -0.4 is 19.7 Å². The van der Waals surface area contributed by atoms with Gasteiger partial charge in [0.25, 0.3) is 0 Å². The number of hydrogen-bond donors (Lipinski definition) is 1. The molecule has 6 nitrogen and oxygen atoms in total. The fraction of sp³-hybridized carbons (Fsp3) is 0.350. The van der Waals surface area contributed by atoms with Crippen molar-refractivity contribution >= 4 is 11.7 Å². The number of methoxy groups -OCH3 is 1. The van der Waals surface area contributed by atoms with Crippen molar-refractivity contribution in [2.75, 3.05) is 51.3 Å². The fourth-order valence-corrected chi connectivity index (χ4v) is 2.92. The molecule has 138 valence electrons. The first-order chi connectivity index (χ1) is 12.8. The van der Waals surface area contributed by atoms with Gasteiger partial charge in [0, 0.05) is 31.9 Å². The lowest BCUT2D eigenvalue weighted by Gasteiger charge is -2.36. The summed E-state index contributed by atoms with van der Waals surface area (Å²) >= 11 is 0. The number of ether oxygens (including phenoxy) is 2. The van der Waals surface area contributed by atoms with Gasteiger partial charge < -0.3 is 24.6 Å². The van der Waals surface area contributed by atoms with Crippen LogP contribution in [0.4, 0.5) is 10.5 Å². The zero-order valence-corrected chi connectivity index (χ0v) is 15.1. The molecule has 0 aromatic heterocycles. The van der Waals surface area contributed by atoms with Crippen molar-refractivity contribution in [2.24, 2.45) is 0 Å². The Morgan fingerprint density at radius 3 is 2.31 bits per heavy atom. The SMILES string of the molecule is COc1ccc(N2CCN(C(=O)NCCOc3ccccc3)CC2)cc1. The number of nitrogens with one attached hydrogen (secondary N) is 1. The predicted octanol–water partition coefficient (Wildman–Crippen LogP) is 2.61. The molecule has 1 saturated heterocycles. The van der Waals surface area contributed by atoms with Gasteiger partial charge in [0.05, 0.1) is 13.7 Å². The van der Waals surface area contributed by atoms with Crippen LogP contribution in [0, 0.1) is 0 Å². The highest BCUT2D eigenvalue weighted by Gasteiger charge is 2.21. The number of urea groups is 1. The summed E-state index contributed by atoms with van der Waals surface area (Å²) in [6.45, 7) is 4.00. The maximum atomic E-state index is 12.3. The van der Waals surface area contributed by atoms with Crippen LogP contribution in [0.5, 0.6) is 11.5 Å². The molecule has 1 heterocycles. The lowest BCUT2D eigenvalue weighted by atomic mass is 10.2. The van der Waals surface area contributed by atoms with E-state index in [9.17, 15) is 4.79 Å². The molecule has 6 heteroatoms. The fourth-order valence-electron chi connectivity index (χ4n) is 2.92. The smallest absolute Gasteiger partial charge is 0.317 e. The Morgan fingerprint density at radius 2 is 1.65 bits per heavy atom. The number of carbonyl (C=O) groups excluding carboxylic acids is 1. The molecule has 1 aliphatic heterocycles. The molecule has 0 spiro atoms. The Hall–Kier alpha value is -2.89. The molecule has 26 heavy (non-hydrogen) atoms. The van der Waals surface area contributed by atoms with Gasteiger partial charge in [-0.15, -0.1) is 0 Å². The van der Waals surface area contributed by atoms with Crippen molar-refractivity contribution in [1.29, 1.82) is 0 Å². The lowest BCUT2D eigenvalue weighted by Crippen LogP contribution is -2.52. The monoisotopic (exact) mass is 355 g/mol. The van der Waals surface area contributed by atoms with Gasteiger partial charge in [-0.1, -0.05) is 18.2 Å². The van der Waals surface area contributed by atoms with Gasteiger partial charge in [-0.3, -0.25) is 0 Å². The van der Waals surface area contributed by atoms with Crippen LogP contribution in [0.1, 0.15) is 0 Å². The average molecular weight is 355 g/mol. The van der Waals surface area contributed by atoms with Crippen LogP contribution in [0.15, 0.2) is 54.6 Å². The first kappa shape index (κ1) is 17.9. The summed E-state index contributed by atoms with van der Waals surface area (Å²) in [7, 11) is 1.66. The van der Waals surface area contributed by atoms with E-state index < -0.39 is 0 Å². The number of carbonyl (C=O) groups is 1. The van der Waals surface area contributed by atoms with E-state index in [4.69, 9.17) is 9.47 Å². The molecule has 0 radical (unpaired) electrons. The second-order valence-corrected chi connectivity index (χ2v) is 6.07. The second kappa shape index (κ2) is 8.99. The van der Waals surface area contributed by atoms with Crippen molar-refractivity contribution in [2.45, 2.75) is 0 Å². The van der Waals surface area contributed by atoms with Gasteiger partial charge in [0.15, 0.2) is 0 Å². The second-order valence-electron chi connectivity index (χ2n) is 6.07. The molecule has 2 aromatic carbocycles. The van der Waals surface area contributed by atoms with Crippen LogP contribution in [0.2, 0.25) is 0 Å². The standard InChI is InChI=1S/C20H25N3O3/c1-25-18-9-7-17(8-10-18)22-12-14-23(15-13-22)20(24)21-11-16-26-19-5-3-2-4-6-19/h2-10H,11-16H2,1H3,(H,21,24). The predicted molar refractivity (Wildman–Crippen MR) is 102 cm³/mol. The lowest BCUT2D eigenvalue weighted by molar-refractivity contribution is 0.191. The first-order valence-corrected chi connectivity index (χ1v) is 8.86. The van der Waals surface area contributed by atoms with Gasteiger partial charge in [0.2, 0.25) is 0 Å². The molecule has 2 aromatic rings. The molecule has 0 saturated carbocycles. The minimum absolute atomic E-state index is 0.0314. The van der Waals surface area contributed by atoms with E-state index in [0.29, 0.717) is 26.2 Å². The van der Waals surface area contributed by atoms with Gasteiger partial charge in [0.1, 0.15) is 18.1 Å².